The summed E-state index contributed by atoms with van der Waals surface area (Å²) in [5, 5.41) is 4.45. The molecular formula is C16H20N4S. The van der Waals surface area contributed by atoms with E-state index in [-0.39, 0.29) is 0 Å². The van der Waals surface area contributed by atoms with E-state index in [2.05, 4.69) is 52.8 Å². The SMILES string of the molecule is Cc1nn(C)c2c1[nH]c(=S)n2Cc1ccc(C(C)C)cc1. The molecule has 1 N–H and O–H groups in total. The van der Waals surface area contributed by atoms with Crippen LogP contribution in [0.4, 0.5) is 0 Å². The van der Waals surface area contributed by atoms with Crippen LogP contribution in [0.2, 0.25) is 0 Å². The van der Waals surface area contributed by atoms with Crippen LogP contribution in [0.15, 0.2) is 24.3 Å². The number of hydrogen-bond donors (Lipinski definition) is 1. The number of nitrogens with zero attached hydrogens (tertiary/aromatic N) is 3. The van der Waals surface area contributed by atoms with Crippen molar-refractivity contribution in [1.29, 1.82) is 0 Å². The minimum absolute atomic E-state index is 0.555. The molecule has 3 aromatic rings. The Morgan fingerprint density at radius 3 is 2.52 bits per heavy atom. The zero-order valence-electron chi connectivity index (χ0n) is 12.8. The molecule has 3 rings (SSSR count). The molecule has 0 fully saturated rings. The molecule has 0 atom stereocenters. The fourth-order valence-electron chi connectivity index (χ4n) is 2.71. The lowest BCUT2D eigenvalue weighted by atomic mass is 10.0. The maximum atomic E-state index is 5.46. The predicted molar refractivity (Wildman–Crippen MR) is 88.3 cm³/mol. The Labute approximate surface area is 129 Å². The highest BCUT2D eigenvalue weighted by Crippen LogP contribution is 2.20. The lowest BCUT2D eigenvalue weighted by Crippen LogP contribution is -2.04. The van der Waals surface area contributed by atoms with Gasteiger partial charge in [0, 0.05) is 7.05 Å². The molecule has 110 valence electrons. The van der Waals surface area contributed by atoms with E-state index in [0.29, 0.717) is 5.92 Å². The summed E-state index contributed by atoms with van der Waals surface area (Å²) in [4.78, 5) is 3.26. The highest BCUT2D eigenvalue weighted by Gasteiger charge is 2.12. The van der Waals surface area contributed by atoms with E-state index in [9.17, 15) is 0 Å². The van der Waals surface area contributed by atoms with E-state index < -0.39 is 0 Å². The van der Waals surface area contributed by atoms with Gasteiger partial charge in [0.2, 0.25) is 0 Å². The number of fused-ring (bicyclic) bond motifs is 1. The van der Waals surface area contributed by atoms with Crippen LogP contribution < -0.4 is 0 Å². The van der Waals surface area contributed by atoms with Gasteiger partial charge in [0.15, 0.2) is 10.4 Å². The highest BCUT2D eigenvalue weighted by molar-refractivity contribution is 7.71. The van der Waals surface area contributed by atoms with Crippen LogP contribution in [0, 0.1) is 11.7 Å². The summed E-state index contributed by atoms with van der Waals surface area (Å²) in [5.41, 5.74) is 5.66. The van der Waals surface area contributed by atoms with Crippen LogP contribution in [0.1, 0.15) is 36.6 Å². The summed E-state index contributed by atoms with van der Waals surface area (Å²) >= 11 is 5.46. The molecular weight excluding hydrogens is 280 g/mol. The largest absolute Gasteiger partial charge is 0.328 e. The zero-order valence-corrected chi connectivity index (χ0v) is 13.7. The molecule has 21 heavy (non-hydrogen) atoms. The van der Waals surface area contributed by atoms with Crippen LogP contribution >= 0.6 is 12.2 Å². The first-order chi connectivity index (χ1) is 9.97. The van der Waals surface area contributed by atoms with Crippen molar-refractivity contribution in [2.45, 2.75) is 33.2 Å². The number of H-pyrrole nitrogens is 1. The van der Waals surface area contributed by atoms with Gasteiger partial charge in [-0.05, 0) is 36.2 Å². The second-order valence-electron chi connectivity index (χ2n) is 5.82. The molecule has 4 nitrogen and oxygen atoms in total. The Morgan fingerprint density at radius 2 is 1.90 bits per heavy atom. The number of rotatable bonds is 3. The monoisotopic (exact) mass is 300 g/mol. The molecule has 0 aliphatic rings. The number of benzene rings is 1. The smallest absolute Gasteiger partial charge is 0.179 e. The first kappa shape index (κ1) is 14.1. The molecule has 0 radical (unpaired) electrons. The van der Waals surface area contributed by atoms with Crippen molar-refractivity contribution in [2.24, 2.45) is 7.05 Å². The number of imidazole rings is 1. The van der Waals surface area contributed by atoms with Gasteiger partial charge in [0.05, 0.1) is 12.2 Å². The van der Waals surface area contributed by atoms with Crippen molar-refractivity contribution >= 4 is 23.4 Å². The van der Waals surface area contributed by atoms with Gasteiger partial charge >= 0.3 is 0 Å². The van der Waals surface area contributed by atoms with Crippen LogP contribution in [0.5, 0.6) is 0 Å². The van der Waals surface area contributed by atoms with Gasteiger partial charge in [-0.25, -0.2) is 0 Å². The molecule has 0 unspecified atom stereocenters. The Morgan fingerprint density at radius 1 is 1.24 bits per heavy atom. The maximum absolute atomic E-state index is 5.46. The third-order valence-electron chi connectivity index (χ3n) is 3.91. The van der Waals surface area contributed by atoms with Gasteiger partial charge < -0.3 is 4.98 Å². The highest BCUT2D eigenvalue weighted by atomic mass is 32.1. The van der Waals surface area contributed by atoms with Gasteiger partial charge in [0.1, 0.15) is 5.52 Å². The number of aromatic nitrogens is 4. The first-order valence-electron chi connectivity index (χ1n) is 7.18. The van der Waals surface area contributed by atoms with Crippen molar-refractivity contribution in [1.82, 2.24) is 19.3 Å². The van der Waals surface area contributed by atoms with Gasteiger partial charge in [-0.15, -0.1) is 0 Å². The van der Waals surface area contributed by atoms with E-state index in [1.165, 1.54) is 11.1 Å². The Kier molecular flexibility index (Phi) is 3.45. The number of hydrogen-bond acceptors (Lipinski definition) is 2. The van der Waals surface area contributed by atoms with E-state index in [1.54, 1.807) is 0 Å². The van der Waals surface area contributed by atoms with Gasteiger partial charge in [0.25, 0.3) is 0 Å². The van der Waals surface area contributed by atoms with Crippen LogP contribution in [0.25, 0.3) is 11.2 Å². The van der Waals surface area contributed by atoms with Gasteiger partial charge in [-0.1, -0.05) is 38.1 Å². The molecule has 0 amide bonds. The molecule has 5 heteroatoms. The van der Waals surface area contributed by atoms with Crippen molar-refractivity contribution in [3.8, 4) is 0 Å². The molecule has 0 saturated carbocycles. The second kappa shape index (κ2) is 5.15. The van der Waals surface area contributed by atoms with Crippen LogP contribution in [-0.2, 0) is 13.6 Å². The predicted octanol–water partition coefficient (Wildman–Crippen LogP) is 3.91. The Hall–Kier alpha value is -1.88. The Bertz CT molecular complexity index is 834. The summed E-state index contributed by atoms with van der Waals surface area (Å²) in [6.45, 7) is 7.17. The summed E-state index contributed by atoms with van der Waals surface area (Å²) in [7, 11) is 1.95. The lowest BCUT2D eigenvalue weighted by molar-refractivity contribution is 0.714. The maximum Gasteiger partial charge on any atom is 0.179 e. The normalized spacial score (nSPS) is 11.7. The summed E-state index contributed by atoms with van der Waals surface area (Å²) < 4.78 is 4.74. The average molecular weight is 300 g/mol. The van der Waals surface area contributed by atoms with Gasteiger partial charge in [-0.2, -0.15) is 5.10 Å². The summed E-state index contributed by atoms with van der Waals surface area (Å²) in [5.74, 6) is 0.555. The fourth-order valence-corrected chi connectivity index (χ4v) is 2.96. The minimum Gasteiger partial charge on any atom is -0.328 e. The molecule has 0 saturated heterocycles. The van der Waals surface area contributed by atoms with Gasteiger partial charge in [-0.3, -0.25) is 9.25 Å². The minimum atomic E-state index is 0.555. The third kappa shape index (κ3) is 2.42. The standard InChI is InChI=1S/C16H20N4S/c1-10(2)13-7-5-12(6-8-13)9-20-15-14(17-16(20)21)11(3)18-19(15)4/h5-8,10H,9H2,1-4H3,(H,17,21). The number of aromatic amines is 1. The molecule has 1 aromatic carbocycles. The third-order valence-corrected chi connectivity index (χ3v) is 4.23. The molecule has 2 heterocycles. The average Bonchev–Trinajstić information content (AvgIpc) is 2.90. The van der Waals surface area contributed by atoms with Crippen LogP contribution in [-0.4, -0.2) is 19.3 Å². The second-order valence-corrected chi connectivity index (χ2v) is 6.21. The number of nitrogens with one attached hydrogen (secondary N) is 1. The molecule has 0 spiro atoms. The summed E-state index contributed by atoms with van der Waals surface area (Å²) in [6, 6.07) is 8.75. The van der Waals surface area contributed by atoms with E-state index in [0.717, 1.165) is 28.2 Å². The molecule has 0 bridgehead atoms. The van der Waals surface area contributed by atoms with E-state index in [1.807, 2.05) is 18.7 Å². The molecule has 0 aliphatic carbocycles. The molecule has 2 aromatic heterocycles. The molecule has 0 aliphatic heterocycles. The quantitative estimate of drug-likeness (QED) is 0.745. The lowest BCUT2D eigenvalue weighted by Gasteiger charge is -2.08. The summed E-state index contributed by atoms with van der Waals surface area (Å²) in [6.07, 6.45) is 0. The van der Waals surface area contributed by atoms with E-state index >= 15 is 0 Å². The van der Waals surface area contributed by atoms with E-state index in [4.69, 9.17) is 12.2 Å². The van der Waals surface area contributed by atoms with Crippen molar-refractivity contribution in [3.05, 3.63) is 45.9 Å². The number of aryl methyl sites for hydroxylation is 2. The zero-order chi connectivity index (χ0) is 15.1. The first-order valence-corrected chi connectivity index (χ1v) is 7.59. The topological polar surface area (TPSA) is 38.5 Å². The Balaban J connectivity index is 2.01. The van der Waals surface area contributed by atoms with Crippen molar-refractivity contribution < 1.29 is 0 Å². The van der Waals surface area contributed by atoms with Crippen LogP contribution in [0.3, 0.4) is 0 Å². The fraction of sp³-hybridized carbons (Fsp3) is 0.375. The van der Waals surface area contributed by atoms with Crippen molar-refractivity contribution in [3.63, 3.8) is 0 Å². The van der Waals surface area contributed by atoms with Crippen molar-refractivity contribution in [2.75, 3.05) is 0 Å².